The van der Waals surface area contributed by atoms with Crippen molar-refractivity contribution in [3.8, 4) is 0 Å². The molecule has 0 radical (unpaired) electrons. The molecule has 0 aliphatic carbocycles. The van der Waals surface area contributed by atoms with Crippen molar-refractivity contribution in [2.45, 2.75) is 20.0 Å². The largest absolute Gasteiger partial charge is 0.383 e. The molecule has 0 atom stereocenters. The van der Waals surface area contributed by atoms with Crippen LogP contribution in [0.2, 0.25) is 0 Å². The van der Waals surface area contributed by atoms with Crippen molar-refractivity contribution in [3.63, 3.8) is 0 Å². The van der Waals surface area contributed by atoms with Crippen LogP contribution in [-0.2, 0) is 24.9 Å². The van der Waals surface area contributed by atoms with Crippen LogP contribution in [0, 0.1) is 6.92 Å². The number of hydrogen-bond acceptors (Lipinski definition) is 6. The van der Waals surface area contributed by atoms with Gasteiger partial charge in [-0.1, -0.05) is 6.07 Å². The molecule has 2 aromatic heterocycles. The van der Waals surface area contributed by atoms with Crippen LogP contribution in [0.25, 0.3) is 0 Å². The summed E-state index contributed by atoms with van der Waals surface area (Å²) in [5.74, 6) is 2.69. The Kier molecular flexibility index (Phi) is 7.19. The third-order valence-corrected chi connectivity index (χ3v) is 5.63. The number of rotatable bonds is 7. The van der Waals surface area contributed by atoms with Crippen LogP contribution < -0.4 is 5.32 Å². The molecule has 0 aromatic carbocycles. The number of aromatic nitrogens is 3. The fourth-order valence-corrected chi connectivity index (χ4v) is 3.75. The Morgan fingerprint density at radius 3 is 2.74 bits per heavy atom. The molecule has 0 spiro atoms. The van der Waals surface area contributed by atoms with Crippen LogP contribution in [0.4, 0.5) is 0 Å². The number of ether oxygens (including phenoxy) is 1. The summed E-state index contributed by atoms with van der Waals surface area (Å²) in [7, 11) is 3.69. The van der Waals surface area contributed by atoms with Gasteiger partial charge in [0.15, 0.2) is 11.8 Å². The normalized spacial score (nSPS) is 16.1. The van der Waals surface area contributed by atoms with E-state index in [4.69, 9.17) is 9.73 Å². The first-order chi connectivity index (χ1) is 13.2. The van der Waals surface area contributed by atoms with Gasteiger partial charge in [-0.3, -0.25) is 4.90 Å². The maximum Gasteiger partial charge on any atom is 0.194 e. The molecule has 0 amide bonds. The molecule has 1 N–H and O–H groups in total. The second-order valence-corrected chi connectivity index (χ2v) is 7.66. The highest BCUT2D eigenvalue weighted by Crippen LogP contribution is 2.13. The minimum atomic E-state index is 0.516. The van der Waals surface area contributed by atoms with Crippen LogP contribution >= 0.6 is 11.3 Å². The fraction of sp³-hybridized carbons (Fsp3) is 0.611. The van der Waals surface area contributed by atoms with E-state index in [1.807, 2.05) is 29.9 Å². The van der Waals surface area contributed by atoms with Crippen molar-refractivity contribution >= 4 is 17.3 Å². The molecular weight excluding hydrogens is 362 g/mol. The Hall–Kier alpha value is -1.97. The van der Waals surface area contributed by atoms with Crippen molar-refractivity contribution in [2.75, 3.05) is 46.4 Å². The molecule has 9 heteroatoms. The maximum absolute atomic E-state index is 5.17. The third-order valence-electron chi connectivity index (χ3n) is 4.77. The third kappa shape index (κ3) is 5.50. The zero-order valence-electron chi connectivity index (χ0n) is 16.4. The molecule has 0 bridgehead atoms. The van der Waals surface area contributed by atoms with Gasteiger partial charge >= 0.3 is 0 Å². The number of hydrogen-bond donors (Lipinski definition) is 1. The second-order valence-electron chi connectivity index (χ2n) is 6.62. The van der Waals surface area contributed by atoms with E-state index in [2.05, 4.69) is 42.8 Å². The van der Waals surface area contributed by atoms with Gasteiger partial charge in [0, 0.05) is 58.3 Å². The van der Waals surface area contributed by atoms with Crippen molar-refractivity contribution in [2.24, 2.45) is 12.0 Å². The molecule has 0 saturated carbocycles. The minimum Gasteiger partial charge on any atom is -0.383 e. The summed E-state index contributed by atoms with van der Waals surface area (Å²) in [6, 6.07) is 4.33. The Bertz CT molecular complexity index is 720. The molecule has 3 rings (SSSR count). The second kappa shape index (κ2) is 9.82. The molecule has 2 aromatic rings. The highest BCUT2D eigenvalue weighted by Gasteiger charge is 2.20. The van der Waals surface area contributed by atoms with Gasteiger partial charge < -0.3 is 19.5 Å². The average molecular weight is 392 g/mol. The van der Waals surface area contributed by atoms with Crippen molar-refractivity contribution < 1.29 is 4.74 Å². The summed E-state index contributed by atoms with van der Waals surface area (Å²) in [6.07, 6.45) is 0. The molecule has 3 heterocycles. The molecule has 1 fully saturated rings. The van der Waals surface area contributed by atoms with Crippen LogP contribution in [0.3, 0.4) is 0 Å². The number of nitrogens with one attached hydrogen (secondary N) is 1. The fourth-order valence-electron chi connectivity index (χ4n) is 3.01. The van der Waals surface area contributed by atoms with Gasteiger partial charge in [0.1, 0.15) is 12.4 Å². The number of piperazine rings is 1. The lowest BCUT2D eigenvalue weighted by Gasteiger charge is -2.36. The van der Waals surface area contributed by atoms with Crippen molar-refractivity contribution in [3.05, 3.63) is 34.0 Å². The average Bonchev–Trinajstić information content (AvgIpc) is 3.30. The quantitative estimate of drug-likeness (QED) is 0.433. The van der Waals surface area contributed by atoms with E-state index in [-0.39, 0.29) is 0 Å². The van der Waals surface area contributed by atoms with Gasteiger partial charge in [0.2, 0.25) is 0 Å². The molecule has 1 aliphatic heterocycles. The number of methoxy groups -OCH3 is 1. The predicted molar refractivity (Wildman–Crippen MR) is 108 cm³/mol. The first-order valence-electron chi connectivity index (χ1n) is 9.29. The summed E-state index contributed by atoms with van der Waals surface area (Å²) in [6.45, 7) is 8.88. The van der Waals surface area contributed by atoms with Gasteiger partial charge in [0.05, 0.1) is 6.61 Å². The van der Waals surface area contributed by atoms with Gasteiger partial charge in [-0.15, -0.1) is 21.5 Å². The van der Waals surface area contributed by atoms with E-state index in [0.717, 1.165) is 56.9 Å². The van der Waals surface area contributed by atoms with E-state index in [9.17, 15) is 0 Å². The highest BCUT2D eigenvalue weighted by molar-refractivity contribution is 7.09. The Morgan fingerprint density at radius 1 is 1.30 bits per heavy atom. The van der Waals surface area contributed by atoms with E-state index >= 15 is 0 Å². The highest BCUT2D eigenvalue weighted by atomic mass is 32.1. The Balaban J connectivity index is 1.59. The van der Waals surface area contributed by atoms with E-state index < -0.39 is 0 Å². The lowest BCUT2D eigenvalue weighted by atomic mass is 10.3. The zero-order valence-corrected chi connectivity index (χ0v) is 17.2. The Labute approximate surface area is 164 Å². The topological polar surface area (TPSA) is 70.8 Å². The monoisotopic (exact) mass is 391 g/mol. The molecule has 0 unspecified atom stereocenters. The van der Waals surface area contributed by atoms with Crippen LogP contribution in [0.1, 0.15) is 16.5 Å². The van der Waals surface area contributed by atoms with Crippen molar-refractivity contribution in [1.29, 1.82) is 0 Å². The maximum atomic E-state index is 5.17. The SMILES string of the molecule is COCCNC(=NCc1nnc(C)n1C)N1CCN(Cc2cccs2)CC1. The molecule has 148 valence electrons. The number of nitrogens with zero attached hydrogens (tertiary/aromatic N) is 6. The standard InChI is InChI=1S/C18H29N7OS/c1-15-21-22-17(23(15)2)13-20-18(19-6-11-26-3)25-9-7-24(8-10-25)14-16-5-4-12-27-16/h4-5,12H,6-11,13-14H2,1-3H3,(H,19,20). The minimum absolute atomic E-state index is 0.516. The van der Waals surface area contributed by atoms with Crippen molar-refractivity contribution in [1.82, 2.24) is 29.9 Å². The summed E-state index contributed by atoms with van der Waals surface area (Å²) in [5.41, 5.74) is 0. The summed E-state index contributed by atoms with van der Waals surface area (Å²) < 4.78 is 7.15. The summed E-state index contributed by atoms with van der Waals surface area (Å²) in [5, 5.41) is 13.9. The zero-order chi connectivity index (χ0) is 19.1. The number of aryl methyl sites for hydroxylation is 1. The van der Waals surface area contributed by atoms with Crippen LogP contribution in [0.5, 0.6) is 0 Å². The van der Waals surface area contributed by atoms with Gasteiger partial charge in [-0.2, -0.15) is 0 Å². The van der Waals surface area contributed by atoms with E-state index in [0.29, 0.717) is 13.2 Å². The molecular formula is C18H29N7OS. The molecule has 1 aliphatic rings. The smallest absolute Gasteiger partial charge is 0.194 e. The Morgan fingerprint density at radius 2 is 2.11 bits per heavy atom. The number of aliphatic imine (C=N–C) groups is 1. The van der Waals surface area contributed by atoms with Crippen LogP contribution in [0.15, 0.2) is 22.5 Å². The number of guanidine groups is 1. The van der Waals surface area contributed by atoms with Gasteiger partial charge in [-0.25, -0.2) is 4.99 Å². The van der Waals surface area contributed by atoms with E-state index in [1.165, 1.54) is 4.88 Å². The molecule has 8 nitrogen and oxygen atoms in total. The molecule has 27 heavy (non-hydrogen) atoms. The predicted octanol–water partition coefficient (Wildman–Crippen LogP) is 1.09. The van der Waals surface area contributed by atoms with E-state index in [1.54, 1.807) is 7.11 Å². The first kappa shape index (κ1) is 19.8. The summed E-state index contributed by atoms with van der Waals surface area (Å²) in [4.78, 5) is 11.0. The van der Waals surface area contributed by atoms with Gasteiger partial charge in [0.25, 0.3) is 0 Å². The number of thiophene rings is 1. The first-order valence-corrected chi connectivity index (χ1v) is 10.2. The lowest BCUT2D eigenvalue weighted by molar-refractivity contribution is 0.171. The van der Waals surface area contributed by atoms with Crippen LogP contribution in [-0.4, -0.2) is 77.0 Å². The lowest BCUT2D eigenvalue weighted by Crippen LogP contribution is -2.52. The van der Waals surface area contributed by atoms with Gasteiger partial charge in [-0.05, 0) is 18.4 Å². The molecule has 1 saturated heterocycles. The summed E-state index contributed by atoms with van der Waals surface area (Å²) >= 11 is 1.83.